The third-order valence-electron chi connectivity index (χ3n) is 3.26. The highest BCUT2D eigenvalue weighted by Crippen LogP contribution is 2.26. The summed E-state index contributed by atoms with van der Waals surface area (Å²) in [4.78, 5) is 21.9. The molecule has 0 bridgehead atoms. The van der Waals surface area contributed by atoms with Crippen molar-refractivity contribution in [2.75, 3.05) is 11.9 Å². The van der Waals surface area contributed by atoms with Gasteiger partial charge in [-0.25, -0.2) is 8.42 Å². The van der Waals surface area contributed by atoms with E-state index >= 15 is 0 Å². The van der Waals surface area contributed by atoms with E-state index in [0.29, 0.717) is 12.1 Å². The van der Waals surface area contributed by atoms with Crippen LogP contribution >= 0.6 is 0 Å². The lowest BCUT2D eigenvalue weighted by Gasteiger charge is -2.24. The summed E-state index contributed by atoms with van der Waals surface area (Å²) in [6.07, 6.45) is 0.743. The van der Waals surface area contributed by atoms with E-state index in [1.165, 1.54) is 31.2 Å². The molecule has 1 aromatic rings. The number of nitrogens with zero attached hydrogens (tertiary/aromatic N) is 1. The molecular formula is C13H15N2O5S-. The Morgan fingerprint density at radius 3 is 2.43 bits per heavy atom. The predicted molar refractivity (Wildman–Crippen MR) is 72.7 cm³/mol. The number of rotatable bonds is 4. The van der Waals surface area contributed by atoms with Crippen LogP contribution in [0.15, 0.2) is 29.2 Å². The number of nitrogens with one attached hydrogen (secondary N) is 1. The minimum absolute atomic E-state index is 0.00949. The molecule has 1 aromatic carbocycles. The van der Waals surface area contributed by atoms with Crippen molar-refractivity contribution in [3.05, 3.63) is 24.3 Å². The van der Waals surface area contributed by atoms with Crippen LogP contribution in [0.5, 0.6) is 0 Å². The second-order valence-electron chi connectivity index (χ2n) is 4.80. The number of carboxylic acids is 1. The molecule has 8 heteroatoms. The first-order valence-electron chi connectivity index (χ1n) is 6.43. The van der Waals surface area contributed by atoms with Crippen LogP contribution in [0.25, 0.3) is 0 Å². The van der Waals surface area contributed by atoms with E-state index in [4.69, 9.17) is 0 Å². The van der Waals surface area contributed by atoms with Crippen molar-refractivity contribution in [2.24, 2.45) is 0 Å². The molecule has 0 aliphatic carbocycles. The van der Waals surface area contributed by atoms with E-state index in [1.807, 2.05) is 0 Å². The van der Waals surface area contributed by atoms with Crippen molar-refractivity contribution in [1.29, 1.82) is 0 Å². The third kappa shape index (κ3) is 3.22. The number of carbonyl (C=O) groups excluding carboxylic acids is 2. The number of carboxylic acid groups (broad SMARTS) is 1. The average molecular weight is 311 g/mol. The van der Waals surface area contributed by atoms with Crippen molar-refractivity contribution >= 4 is 27.6 Å². The molecule has 0 spiro atoms. The summed E-state index contributed by atoms with van der Waals surface area (Å²) in [5.41, 5.74) is 0.472. The number of amides is 1. The van der Waals surface area contributed by atoms with Gasteiger partial charge in [0.1, 0.15) is 0 Å². The van der Waals surface area contributed by atoms with Crippen molar-refractivity contribution in [1.82, 2.24) is 4.31 Å². The Bertz CT molecular complexity index is 654. The fourth-order valence-corrected chi connectivity index (χ4v) is 3.96. The molecule has 1 atom stereocenters. The zero-order valence-corrected chi connectivity index (χ0v) is 12.2. The summed E-state index contributed by atoms with van der Waals surface area (Å²) in [5, 5.41) is 13.5. The van der Waals surface area contributed by atoms with Gasteiger partial charge in [0.2, 0.25) is 15.9 Å². The zero-order chi connectivity index (χ0) is 15.6. The normalized spacial score (nSPS) is 19.4. The molecule has 1 saturated heterocycles. The van der Waals surface area contributed by atoms with E-state index in [9.17, 15) is 23.1 Å². The summed E-state index contributed by atoms with van der Waals surface area (Å²) in [6, 6.07) is 4.47. The summed E-state index contributed by atoms with van der Waals surface area (Å²) >= 11 is 0. The molecule has 1 N–H and O–H groups in total. The molecular weight excluding hydrogens is 296 g/mol. The van der Waals surface area contributed by atoms with Gasteiger partial charge in [-0.1, -0.05) is 0 Å². The van der Waals surface area contributed by atoms with Gasteiger partial charge in [0.05, 0.1) is 16.9 Å². The molecule has 2 rings (SSSR count). The van der Waals surface area contributed by atoms with Gasteiger partial charge in [-0.15, -0.1) is 0 Å². The first kappa shape index (κ1) is 15.5. The highest BCUT2D eigenvalue weighted by molar-refractivity contribution is 7.89. The first-order chi connectivity index (χ1) is 9.82. The van der Waals surface area contributed by atoms with Gasteiger partial charge in [-0.3, -0.25) is 4.79 Å². The third-order valence-corrected chi connectivity index (χ3v) is 5.18. The second-order valence-corrected chi connectivity index (χ2v) is 6.69. The SMILES string of the molecule is CC(=O)Nc1ccc(S(=O)(=O)N2CCC[C@H]2C(=O)[O-])cc1. The lowest BCUT2D eigenvalue weighted by molar-refractivity contribution is -0.309. The van der Waals surface area contributed by atoms with Gasteiger partial charge in [-0.2, -0.15) is 4.31 Å². The Labute approximate surface area is 122 Å². The molecule has 0 saturated carbocycles. The van der Waals surface area contributed by atoms with Gasteiger partial charge in [0.15, 0.2) is 0 Å². The second kappa shape index (κ2) is 5.82. The largest absolute Gasteiger partial charge is 0.548 e. The van der Waals surface area contributed by atoms with Crippen molar-refractivity contribution in [3.8, 4) is 0 Å². The Morgan fingerprint density at radius 1 is 1.29 bits per heavy atom. The van der Waals surface area contributed by atoms with Crippen LogP contribution in [0.3, 0.4) is 0 Å². The van der Waals surface area contributed by atoms with Crippen LogP contribution in [0.2, 0.25) is 0 Å². The summed E-state index contributed by atoms with van der Waals surface area (Å²) in [6.45, 7) is 1.51. The number of carbonyl (C=O) groups is 2. The highest BCUT2D eigenvalue weighted by atomic mass is 32.2. The molecule has 21 heavy (non-hydrogen) atoms. The van der Waals surface area contributed by atoms with Crippen molar-refractivity contribution in [3.63, 3.8) is 0 Å². The van der Waals surface area contributed by atoms with Gasteiger partial charge in [0, 0.05) is 19.2 Å². The lowest BCUT2D eigenvalue weighted by atomic mass is 10.2. The van der Waals surface area contributed by atoms with Crippen LogP contribution in [-0.4, -0.2) is 37.2 Å². The van der Waals surface area contributed by atoms with E-state index in [2.05, 4.69) is 5.32 Å². The van der Waals surface area contributed by atoms with E-state index in [-0.39, 0.29) is 23.8 Å². The van der Waals surface area contributed by atoms with Crippen LogP contribution in [0.1, 0.15) is 19.8 Å². The number of hydrogen-bond acceptors (Lipinski definition) is 5. The minimum atomic E-state index is -3.88. The van der Waals surface area contributed by atoms with Gasteiger partial charge >= 0.3 is 0 Å². The Kier molecular flexibility index (Phi) is 4.29. The number of aliphatic carboxylic acids is 1. The maximum absolute atomic E-state index is 12.4. The lowest BCUT2D eigenvalue weighted by Crippen LogP contribution is -2.46. The zero-order valence-electron chi connectivity index (χ0n) is 11.4. The topological polar surface area (TPSA) is 107 Å². The Balaban J connectivity index is 2.27. The van der Waals surface area contributed by atoms with Gasteiger partial charge < -0.3 is 15.2 Å². The van der Waals surface area contributed by atoms with Crippen LogP contribution in [-0.2, 0) is 19.6 Å². The average Bonchev–Trinajstić information content (AvgIpc) is 2.88. The molecule has 7 nitrogen and oxygen atoms in total. The summed E-state index contributed by atoms with van der Waals surface area (Å²) in [5.74, 6) is -1.65. The predicted octanol–water partition coefficient (Wildman–Crippen LogP) is -0.452. The fraction of sp³-hybridized carbons (Fsp3) is 0.385. The van der Waals surface area contributed by atoms with Gasteiger partial charge in [0.25, 0.3) is 0 Å². The molecule has 1 heterocycles. The van der Waals surface area contributed by atoms with E-state index in [1.54, 1.807) is 0 Å². The van der Waals surface area contributed by atoms with Gasteiger partial charge in [-0.05, 0) is 37.1 Å². The number of anilines is 1. The first-order valence-corrected chi connectivity index (χ1v) is 7.87. The van der Waals surface area contributed by atoms with E-state index < -0.39 is 22.0 Å². The molecule has 0 aromatic heterocycles. The Morgan fingerprint density at radius 2 is 1.90 bits per heavy atom. The summed E-state index contributed by atoms with van der Waals surface area (Å²) in [7, 11) is -3.88. The number of benzene rings is 1. The molecule has 1 aliphatic heterocycles. The standard InChI is InChI=1S/C13H16N2O5S/c1-9(16)14-10-4-6-11(7-5-10)21(19,20)15-8-2-3-12(15)13(17)18/h4-7,12H,2-3,8H2,1H3,(H,14,16)(H,17,18)/p-1/t12-/m0/s1. The van der Waals surface area contributed by atoms with Crippen molar-refractivity contribution < 1.29 is 23.1 Å². The smallest absolute Gasteiger partial charge is 0.243 e. The quantitative estimate of drug-likeness (QED) is 0.810. The molecule has 0 unspecified atom stereocenters. The highest BCUT2D eigenvalue weighted by Gasteiger charge is 2.35. The molecule has 1 fully saturated rings. The fourth-order valence-electron chi connectivity index (χ4n) is 2.31. The molecule has 1 aliphatic rings. The molecule has 1 amide bonds. The Hall–Kier alpha value is -1.93. The monoisotopic (exact) mass is 311 g/mol. The molecule has 0 radical (unpaired) electrons. The number of hydrogen-bond donors (Lipinski definition) is 1. The maximum Gasteiger partial charge on any atom is 0.243 e. The van der Waals surface area contributed by atoms with Crippen LogP contribution in [0.4, 0.5) is 5.69 Å². The van der Waals surface area contributed by atoms with Crippen LogP contribution in [0, 0.1) is 0 Å². The summed E-state index contributed by atoms with van der Waals surface area (Å²) < 4.78 is 25.8. The van der Waals surface area contributed by atoms with Crippen LogP contribution < -0.4 is 10.4 Å². The van der Waals surface area contributed by atoms with Crippen molar-refractivity contribution in [2.45, 2.75) is 30.7 Å². The molecule has 114 valence electrons. The van der Waals surface area contributed by atoms with E-state index in [0.717, 1.165) is 4.31 Å². The number of sulfonamides is 1. The minimum Gasteiger partial charge on any atom is -0.548 e. The maximum atomic E-state index is 12.4.